The first-order chi connectivity index (χ1) is 14.0. The molecule has 0 spiro atoms. The molecule has 1 aliphatic rings. The zero-order valence-electron chi connectivity index (χ0n) is 17.1. The Hall–Kier alpha value is -2.90. The van der Waals surface area contributed by atoms with Gasteiger partial charge >= 0.3 is 6.03 Å². The number of nitrogens with zero attached hydrogens (tertiary/aromatic N) is 2. The molecule has 3 rings (SSSR count). The van der Waals surface area contributed by atoms with E-state index in [1.54, 1.807) is 7.05 Å². The van der Waals surface area contributed by atoms with Crippen LogP contribution in [-0.2, 0) is 4.79 Å². The number of carbonyl (C=O) groups is 2. The van der Waals surface area contributed by atoms with Crippen LogP contribution in [0.4, 0.5) is 4.79 Å². The minimum absolute atomic E-state index is 0.0395. The summed E-state index contributed by atoms with van der Waals surface area (Å²) in [5, 5.41) is 12.7. The molecular formula is C21H29N5O3. The van der Waals surface area contributed by atoms with Gasteiger partial charge in [-0.05, 0) is 25.2 Å². The third-order valence-corrected chi connectivity index (χ3v) is 5.29. The highest BCUT2D eigenvalue weighted by Gasteiger charge is 2.42. The number of amides is 3. The predicted octanol–water partition coefficient (Wildman–Crippen LogP) is 2.69. The number of hydrogen-bond donors (Lipinski definition) is 3. The van der Waals surface area contributed by atoms with Gasteiger partial charge in [0.15, 0.2) is 0 Å². The summed E-state index contributed by atoms with van der Waals surface area (Å²) in [6, 6.07) is 9.08. The van der Waals surface area contributed by atoms with Crippen LogP contribution < -0.4 is 16.0 Å². The molecule has 0 radical (unpaired) electrons. The number of carbonyl (C=O) groups excluding carboxylic acids is 2. The maximum Gasteiger partial charge on any atom is 0.315 e. The Kier molecular flexibility index (Phi) is 6.85. The topological polar surface area (TPSA) is 109 Å². The van der Waals surface area contributed by atoms with Gasteiger partial charge in [0, 0.05) is 31.1 Å². The number of urea groups is 1. The predicted molar refractivity (Wildman–Crippen MR) is 109 cm³/mol. The van der Waals surface area contributed by atoms with E-state index in [9.17, 15) is 9.59 Å². The van der Waals surface area contributed by atoms with Crippen LogP contribution >= 0.6 is 0 Å². The molecule has 1 fully saturated rings. The Labute approximate surface area is 170 Å². The zero-order valence-corrected chi connectivity index (χ0v) is 17.1. The molecule has 2 aromatic rings. The molecule has 29 heavy (non-hydrogen) atoms. The van der Waals surface area contributed by atoms with Gasteiger partial charge in [0.05, 0.1) is 5.92 Å². The van der Waals surface area contributed by atoms with Gasteiger partial charge in [-0.2, -0.15) is 4.98 Å². The van der Waals surface area contributed by atoms with Crippen LogP contribution in [0.3, 0.4) is 0 Å². The van der Waals surface area contributed by atoms with Crippen molar-refractivity contribution in [2.45, 2.75) is 45.1 Å². The fourth-order valence-corrected chi connectivity index (χ4v) is 3.67. The Bertz CT molecular complexity index is 821. The second kappa shape index (κ2) is 9.54. The van der Waals surface area contributed by atoms with Crippen molar-refractivity contribution in [2.24, 2.45) is 11.8 Å². The molecule has 8 heteroatoms. The standard InChI is InChI=1S/C21H29N5O3/c1-13(2)9-10-23-21(28)24-17-12-15(19(27)22-3)11-16(17)20-25-18(26-29-20)14-7-5-4-6-8-14/h4-8,13,15-17H,9-12H2,1-3H3,(H,22,27)(H2,23,24,28)/t15-,16-,17+/m1/s1. The molecule has 0 aliphatic heterocycles. The Morgan fingerprint density at radius 2 is 1.97 bits per heavy atom. The lowest BCUT2D eigenvalue weighted by atomic mass is 10.0. The van der Waals surface area contributed by atoms with Gasteiger partial charge in [-0.25, -0.2) is 4.79 Å². The molecule has 3 atom stereocenters. The van der Waals surface area contributed by atoms with E-state index in [0.29, 0.717) is 37.0 Å². The van der Waals surface area contributed by atoms with E-state index in [1.807, 2.05) is 30.3 Å². The Morgan fingerprint density at radius 3 is 2.66 bits per heavy atom. The molecule has 3 amide bonds. The lowest BCUT2D eigenvalue weighted by Crippen LogP contribution is -2.44. The molecule has 1 aromatic heterocycles. The van der Waals surface area contributed by atoms with E-state index in [0.717, 1.165) is 12.0 Å². The first-order valence-corrected chi connectivity index (χ1v) is 10.1. The van der Waals surface area contributed by atoms with Crippen LogP contribution in [0, 0.1) is 11.8 Å². The van der Waals surface area contributed by atoms with Crippen molar-refractivity contribution in [3.63, 3.8) is 0 Å². The van der Waals surface area contributed by atoms with E-state index in [1.165, 1.54) is 0 Å². The van der Waals surface area contributed by atoms with Crippen LogP contribution in [0.15, 0.2) is 34.9 Å². The highest BCUT2D eigenvalue weighted by molar-refractivity contribution is 5.79. The Morgan fingerprint density at radius 1 is 1.21 bits per heavy atom. The van der Waals surface area contributed by atoms with Crippen LogP contribution in [0.1, 0.15) is 44.9 Å². The summed E-state index contributed by atoms with van der Waals surface area (Å²) in [7, 11) is 1.62. The van der Waals surface area contributed by atoms with Crippen LogP contribution in [0.5, 0.6) is 0 Å². The summed E-state index contributed by atoms with van der Waals surface area (Å²) in [5.41, 5.74) is 0.860. The fraction of sp³-hybridized carbons (Fsp3) is 0.524. The van der Waals surface area contributed by atoms with E-state index >= 15 is 0 Å². The van der Waals surface area contributed by atoms with Crippen molar-refractivity contribution < 1.29 is 14.1 Å². The summed E-state index contributed by atoms with van der Waals surface area (Å²) < 4.78 is 5.52. The normalized spacial score (nSPS) is 21.2. The monoisotopic (exact) mass is 399 g/mol. The molecule has 1 saturated carbocycles. The quantitative estimate of drug-likeness (QED) is 0.663. The van der Waals surface area contributed by atoms with E-state index < -0.39 is 0 Å². The molecule has 0 bridgehead atoms. The molecule has 0 unspecified atom stereocenters. The van der Waals surface area contributed by atoms with Crippen molar-refractivity contribution in [3.05, 3.63) is 36.2 Å². The third-order valence-electron chi connectivity index (χ3n) is 5.29. The highest BCUT2D eigenvalue weighted by atomic mass is 16.5. The fourth-order valence-electron chi connectivity index (χ4n) is 3.67. The van der Waals surface area contributed by atoms with Crippen molar-refractivity contribution in [1.29, 1.82) is 0 Å². The highest BCUT2D eigenvalue weighted by Crippen LogP contribution is 2.38. The second-order valence-electron chi connectivity index (χ2n) is 7.90. The number of hydrogen-bond acceptors (Lipinski definition) is 5. The van der Waals surface area contributed by atoms with Crippen molar-refractivity contribution in [2.75, 3.05) is 13.6 Å². The number of nitrogens with one attached hydrogen (secondary N) is 3. The number of benzene rings is 1. The molecule has 156 valence electrons. The molecule has 8 nitrogen and oxygen atoms in total. The van der Waals surface area contributed by atoms with E-state index in [4.69, 9.17) is 4.52 Å². The molecule has 1 heterocycles. The lowest BCUT2D eigenvalue weighted by molar-refractivity contribution is -0.124. The Balaban J connectivity index is 1.72. The lowest BCUT2D eigenvalue weighted by Gasteiger charge is -2.18. The number of rotatable bonds is 7. The zero-order chi connectivity index (χ0) is 20.8. The van der Waals surface area contributed by atoms with E-state index in [2.05, 4.69) is 39.9 Å². The summed E-state index contributed by atoms with van der Waals surface area (Å²) in [6.07, 6.45) is 1.99. The molecule has 1 aromatic carbocycles. The van der Waals surface area contributed by atoms with Gasteiger partial charge in [0.1, 0.15) is 0 Å². The van der Waals surface area contributed by atoms with Crippen molar-refractivity contribution >= 4 is 11.9 Å². The van der Waals surface area contributed by atoms with Gasteiger partial charge in [-0.15, -0.1) is 0 Å². The summed E-state index contributed by atoms with van der Waals surface area (Å²) >= 11 is 0. The summed E-state index contributed by atoms with van der Waals surface area (Å²) in [6.45, 7) is 4.83. The minimum Gasteiger partial charge on any atom is -0.359 e. The minimum atomic E-state index is -0.250. The first-order valence-electron chi connectivity index (χ1n) is 10.1. The van der Waals surface area contributed by atoms with Crippen LogP contribution in [-0.4, -0.2) is 41.7 Å². The van der Waals surface area contributed by atoms with Gasteiger partial charge in [-0.1, -0.05) is 49.3 Å². The van der Waals surface area contributed by atoms with Gasteiger partial charge < -0.3 is 20.5 Å². The van der Waals surface area contributed by atoms with Crippen molar-refractivity contribution in [3.8, 4) is 11.4 Å². The second-order valence-corrected chi connectivity index (χ2v) is 7.90. The van der Waals surface area contributed by atoms with Crippen LogP contribution in [0.2, 0.25) is 0 Å². The smallest absolute Gasteiger partial charge is 0.315 e. The SMILES string of the molecule is CNC(=O)[C@H]1C[C@H](NC(=O)NCCC(C)C)[C@H](c2nc(-c3ccccc3)no2)C1. The first kappa shape index (κ1) is 20.8. The summed E-state index contributed by atoms with van der Waals surface area (Å²) in [5.74, 6) is 1.01. The average molecular weight is 399 g/mol. The van der Waals surface area contributed by atoms with Crippen molar-refractivity contribution in [1.82, 2.24) is 26.1 Å². The van der Waals surface area contributed by atoms with Gasteiger partial charge in [-0.3, -0.25) is 4.79 Å². The largest absolute Gasteiger partial charge is 0.359 e. The van der Waals surface area contributed by atoms with Gasteiger partial charge in [0.25, 0.3) is 0 Å². The molecule has 3 N–H and O–H groups in total. The summed E-state index contributed by atoms with van der Waals surface area (Å²) in [4.78, 5) is 29.1. The molecular weight excluding hydrogens is 370 g/mol. The van der Waals surface area contributed by atoms with Crippen LogP contribution in [0.25, 0.3) is 11.4 Å². The molecule has 1 aliphatic carbocycles. The van der Waals surface area contributed by atoms with Gasteiger partial charge in [0.2, 0.25) is 17.6 Å². The maximum absolute atomic E-state index is 12.3. The maximum atomic E-state index is 12.3. The number of aromatic nitrogens is 2. The third kappa shape index (κ3) is 5.34. The molecule has 0 saturated heterocycles. The average Bonchev–Trinajstić information content (AvgIpc) is 3.35. The van der Waals surface area contributed by atoms with E-state index in [-0.39, 0.29) is 29.8 Å².